The third-order valence-electron chi connectivity index (χ3n) is 4.11. The number of nitrogens with one attached hydrogen (secondary N) is 1. The number of halogens is 1. The molecule has 0 unspecified atom stereocenters. The summed E-state index contributed by atoms with van der Waals surface area (Å²) < 4.78 is 34.1. The molecule has 0 aliphatic rings. The molecule has 0 saturated carbocycles. The predicted molar refractivity (Wildman–Crippen MR) is 105 cm³/mol. The van der Waals surface area contributed by atoms with Crippen molar-refractivity contribution in [1.29, 1.82) is 0 Å². The van der Waals surface area contributed by atoms with E-state index in [2.05, 4.69) is 5.32 Å². The van der Waals surface area contributed by atoms with Gasteiger partial charge in [0.05, 0.1) is 19.3 Å². The number of rotatable bonds is 6. The summed E-state index contributed by atoms with van der Waals surface area (Å²) in [6, 6.07) is 9.55. The van der Waals surface area contributed by atoms with E-state index in [1.54, 1.807) is 19.1 Å². The van der Waals surface area contributed by atoms with Crippen LogP contribution in [0.3, 0.4) is 0 Å². The molecule has 0 fully saturated rings. The van der Waals surface area contributed by atoms with Crippen LogP contribution in [0.4, 0.5) is 14.9 Å². The molecule has 2 aromatic carbocycles. The number of benzene rings is 2. The Morgan fingerprint density at radius 1 is 1.10 bits per heavy atom. The van der Waals surface area contributed by atoms with Crippen molar-refractivity contribution in [3.8, 4) is 5.75 Å². The minimum atomic E-state index is -0.892. The standard InChI is InChI=1S/C21H18FNO7/c1-3-28-21(26)23-13-4-6-15-12(8-19(24)30-18(15)9-13)11-29-20(25)16-7-5-14(27-2)10-17(16)22/h4-10H,3,11H2,1-2H3,(H,23,26). The maximum Gasteiger partial charge on any atom is 0.411 e. The van der Waals surface area contributed by atoms with E-state index in [9.17, 15) is 18.8 Å². The number of amides is 1. The van der Waals surface area contributed by atoms with Gasteiger partial charge in [-0.3, -0.25) is 5.32 Å². The molecule has 8 nitrogen and oxygen atoms in total. The van der Waals surface area contributed by atoms with E-state index in [1.807, 2.05) is 0 Å². The first kappa shape index (κ1) is 20.8. The van der Waals surface area contributed by atoms with Crippen LogP contribution in [0.25, 0.3) is 11.0 Å². The van der Waals surface area contributed by atoms with E-state index in [0.717, 1.165) is 6.07 Å². The number of methoxy groups -OCH3 is 1. The van der Waals surface area contributed by atoms with Crippen molar-refractivity contribution in [2.75, 3.05) is 19.0 Å². The summed E-state index contributed by atoms with van der Waals surface area (Å²) in [6.45, 7) is 1.60. The van der Waals surface area contributed by atoms with Gasteiger partial charge in [0.2, 0.25) is 0 Å². The van der Waals surface area contributed by atoms with E-state index >= 15 is 0 Å². The largest absolute Gasteiger partial charge is 0.497 e. The third-order valence-corrected chi connectivity index (χ3v) is 4.11. The molecule has 0 radical (unpaired) electrons. The molecule has 0 bridgehead atoms. The molecule has 30 heavy (non-hydrogen) atoms. The average molecular weight is 415 g/mol. The van der Waals surface area contributed by atoms with E-state index in [4.69, 9.17) is 18.6 Å². The van der Waals surface area contributed by atoms with Crippen molar-refractivity contribution >= 4 is 28.7 Å². The Labute approximate surface area is 170 Å². The zero-order valence-electron chi connectivity index (χ0n) is 16.2. The van der Waals surface area contributed by atoms with Crippen molar-refractivity contribution in [1.82, 2.24) is 0 Å². The zero-order valence-corrected chi connectivity index (χ0v) is 16.2. The molecule has 156 valence electrons. The highest BCUT2D eigenvalue weighted by Crippen LogP contribution is 2.23. The quantitative estimate of drug-likeness (QED) is 0.481. The molecule has 1 heterocycles. The SMILES string of the molecule is CCOC(=O)Nc1ccc2c(COC(=O)c3ccc(OC)cc3F)cc(=O)oc2c1. The van der Waals surface area contributed by atoms with E-state index in [1.165, 1.54) is 31.4 Å². The Hall–Kier alpha value is -3.88. The summed E-state index contributed by atoms with van der Waals surface area (Å²) >= 11 is 0. The lowest BCUT2D eigenvalue weighted by molar-refractivity contribution is 0.0468. The second-order valence-electron chi connectivity index (χ2n) is 6.07. The Morgan fingerprint density at radius 3 is 2.60 bits per heavy atom. The third kappa shape index (κ3) is 4.75. The van der Waals surface area contributed by atoms with Gasteiger partial charge in [-0.15, -0.1) is 0 Å². The molecule has 9 heteroatoms. The van der Waals surface area contributed by atoms with Crippen LogP contribution in [0.15, 0.2) is 51.7 Å². The Bertz CT molecular complexity index is 1160. The average Bonchev–Trinajstić information content (AvgIpc) is 2.71. The maximum absolute atomic E-state index is 14.0. The lowest BCUT2D eigenvalue weighted by Gasteiger charge is -2.10. The molecule has 0 aliphatic carbocycles. The highest BCUT2D eigenvalue weighted by molar-refractivity contribution is 5.91. The molecule has 3 aromatic rings. The van der Waals surface area contributed by atoms with Gasteiger partial charge in [-0.2, -0.15) is 0 Å². The van der Waals surface area contributed by atoms with E-state index in [-0.39, 0.29) is 30.1 Å². The summed E-state index contributed by atoms with van der Waals surface area (Å²) in [7, 11) is 1.38. The number of carbonyl (C=O) groups is 2. The first-order valence-electron chi connectivity index (χ1n) is 8.92. The van der Waals surface area contributed by atoms with Gasteiger partial charge in [-0.25, -0.2) is 18.8 Å². The molecule has 0 spiro atoms. The molecule has 0 atom stereocenters. The van der Waals surface area contributed by atoms with E-state index in [0.29, 0.717) is 16.6 Å². The summed E-state index contributed by atoms with van der Waals surface area (Å²) in [5.74, 6) is -1.41. The summed E-state index contributed by atoms with van der Waals surface area (Å²) in [6.07, 6.45) is -0.647. The normalized spacial score (nSPS) is 10.5. The van der Waals surface area contributed by atoms with Crippen molar-refractivity contribution in [2.24, 2.45) is 0 Å². The van der Waals surface area contributed by atoms with Gasteiger partial charge in [0.25, 0.3) is 0 Å². The van der Waals surface area contributed by atoms with Crippen LogP contribution in [-0.2, 0) is 16.1 Å². The Balaban J connectivity index is 1.81. The van der Waals surface area contributed by atoms with Crippen LogP contribution in [0.1, 0.15) is 22.8 Å². The molecule has 3 rings (SSSR count). The Morgan fingerprint density at radius 2 is 1.90 bits per heavy atom. The molecular weight excluding hydrogens is 397 g/mol. The van der Waals surface area contributed by atoms with Crippen molar-refractivity contribution in [3.05, 3.63) is 69.8 Å². The number of anilines is 1. The summed E-state index contributed by atoms with van der Waals surface area (Å²) in [5, 5.41) is 2.99. The number of esters is 1. The highest BCUT2D eigenvalue weighted by atomic mass is 19.1. The highest BCUT2D eigenvalue weighted by Gasteiger charge is 2.16. The minimum absolute atomic E-state index is 0.179. The lowest BCUT2D eigenvalue weighted by Crippen LogP contribution is -2.13. The molecule has 1 N–H and O–H groups in total. The van der Waals surface area contributed by atoms with Gasteiger partial charge < -0.3 is 18.6 Å². The van der Waals surface area contributed by atoms with Gasteiger partial charge in [-0.05, 0) is 31.2 Å². The maximum atomic E-state index is 14.0. The van der Waals surface area contributed by atoms with Crippen LogP contribution in [0.2, 0.25) is 0 Å². The van der Waals surface area contributed by atoms with Gasteiger partial charge in [0.1, 0.15) is 23.8 Å². The predicted octanol–water partition coefficient (Wildman–Crippen LogP) is 3.87. The fourth-order valence-electron chi connectivity index (χ4n) is 2.72. The molecule has 1 aromatic heterocycles. The monoisotopic (exact) mass is 415 g/mol. The molecule has 0 aliphatic heterocycles. The minimum Gasteiger partial charge on any atom is -0.497 e. The number of hydrogen-bond acceptors (Lipinski definition) is 7. The van der Waals surface area contributed by atoms with E-state index < -0.39 is 23.5 Å². The first-order chi connectivity index (χ1) is 14.4. The second-order valence-corrected chi connectivity index (χ2v) is 6.07. The second kappa shape index (κ2) is 9.08. The van der Waals surface area contributed by atoms with Crippen LogP contribution < -0.4 is 15.7 Å². The van der Waals surface area contributed by atoms with Crippen LogP contribution in [0.5, 0.6) is 5.75 Å². The van der Waals surface area contributed by atoms with Gasteiger partial charge in [0, 0.05) is 34.8 Å². The molecular formula is C21H18FNO7. The number of ether oxygens (including phenoxy) is 3. The molecule has 1 amide bonds. The van der Waals surface area contributed by atoms with Crippen molar-refractivity contribution < 1.29 is 32.6 Å². The van der Waals surface area contributed by atoms with Crippen LogP contribution in [-0.4, -0.2) is 25.8 Å². The van der Waals surface area contributed by atoms with Crippen molar-refractivity contribution in [3.63, 3.8) is 0 Å². The Kier molecular flexibility index (Phi) is 6.31. The zero-order chi connectivity index (χ0) is 21.7. The van der Waals surface area contributed by atoms with Crippen molar-refractivity contribution in [2.45, 2.75) is 13.5 Å². The number of carbonyl (C=O) groups excluding carboxylic acids is 2. The molecule has 0 saturated heterocycles. The summed E-state index contributed by atoms with van der Waals surface area (Å²) in [5.41, 5.74) is -0.0234. The smallest absolute Gasteiger partial charge is 0.411 e. The van der Waals surface area contributed by atoms with Gasteiger partial charge in [-0.1, -0.05) is 0 Å². The van der Waals surface area contributed by atoms with Gasteiger partial charge in [0.15, 0.2) is 0 Å². The number of fused-ring (bicyclic) bond motifs is 1. The van der Waals surface area contributed by atoms with Crippen LogP contribution in [0, 0.1) is 5.82 Å². The fraction of sp³-hybridized carbons (Fsp3) is 0.190. The first-order valence-corrected chi connectivity index (χ1v) is 8.92. The topological polar surface area (TPSA) is 104 Å². The fourth-order valence-corrected chi connectivity index (χ4v) is 2.72. The van der Waals surface area contributed by atoms with Gasteiger partial charge >= 0.3 is 17.7 Å². The number of hydrogen-bond donors (Lipinski definition) is 1. The summed E-state index contributed by atoms with van der Waals surface area (Å²) in [4.78, 5) is 35.7. The van der Waals surface area contributed by atoms with Crippen LogP contribution >= 0.6 is 0 Å². The lowest BCUT2D eigenvalue weighted by atomic mass is 10.1.